The zero-order valence-electron chi connectivity index (χ0n) is 24.2. The van der Waals surface area contributed by atoms with Crippen molar-refractivity contribution < 1.29 is 42.8 Å². The van der Waals surface area contributed by atoms with Gasteiger partial charge in [0.25, 0.3) is 5.91 Å². The van der Waals surface area contributed by atoms with Gasteiger partial charge in [0.15, 0.2) is 19.0 Å². The lowest BCUT2D eigenvalue weighted by atomic mass is 10.1. The Hall–Kier alpha value is -1.54. The highest BCUT2D eigenvalue weighted by Crippen LogP contribution is 2.29. The van der Waals surface area contributed by atoms with Crippen molar-refractivity contribution in [2.24, 2.45) is 0 Å². The smallest absolute Gasteiger partial charge is 0.257 e. The van der Waals surface area contributed by atoms with Crippen LogP contribution in [0.1, 0.15) is 103 Å². The fraction of sp³-hybridized carbons (Fsp3) is 0.625. The molecule has 0 aliphatic carbocycles. The molecule has 1 heterocycles. The molecular weight excluding hydrogens is 623 g/mol. The third-order valence-electron chi connectivity index (χ3n) is 6.67. The number of benzene rings is 1. The van der Waals surface area contributed by atoms with Gasteiger partial charge in [-0.1, -0.05) is 96.1 Å². The predicted octanol–water partition coefficient (Wildman–Crippen LogP) is 4.86. The number of halogens is 2. The maximum Gasteiger partial charge on any atom is 0.257 e. The first-order chi connectivity index (χ1) is 18.6. The predicted molar refractivity (Wildman–Crippen MR) is 157 cm³/mol. The highest BCUT2D eigenvalue weighted by Gasteiger charge is 2.08. The SMILES string of the molecule is CCCCCCCCCCCCCCOc1ccc(OCC(=O)NCCc2ccc[n+](CCC)c2)c(Cl)c1.[I-]. The topological polar surface area (TPSA) is 51.4 Å². The average molecular weight is 673 g/mol. The molecule has 1 N–H and O–H groups in total. The largest absolute Gasteiger partial charge is 1.00 e. The number of hydrogen-bond acceptors (Lipinski definition) is 3. The molecule has 0 saturated carbocycles. The van der Waals surface area contributed by atoms with Crippen LogP contribution < -0.4 is 43.3 Å². The third kappa shape index (κ3) is 17.0. The molecular formula is C32H50ClIN2O3. The van der Waals surface area contributed by atoms with E-state index in [1.807, 2.05) is 12.1 Å². The molecule has 0 bridgehead atoms. The number of nitrogens with one attached hydrogen (secondary N) is 1. The van der Waals surface area contributed by atoms with Gasteiger partial charge in [0.05, 0.1) is 11.6 Å². The van der Waals surface area contributed by atoms with Crippen LogP contribution in [0.4, 0.5) is 0 Å². The summed E-state index contributed by atoms with van der Waals surface area (Å²) in [6, 6.07) is 9.50. The molecule has 220 valence electrons. The van der Waals surface area contributed by atoms with Crippen LogP contribution in [0.15, 0.2) is 42.7 Å². The number of carbonyl (C=O) groups excluding carboxylic acids is 1. The van der Waals surface area contributed by atoms with E-state index >= 15 is 0 Å². The van der Waals surface area contributed by atoms with Gasteiger partial charge in [-0.15, -0.1) is 0 Å². The minimum Gasteiger partial charge on any atom is -1.00 e. The second kappa shape index (κ2) is 23.2. The molecule has 0 atom stereocenters. The van der Waals surface area contributed by atoms with Crippen LogP contribution in [0.2, 0.25) is 5.02 Å². The second-order valence-corrected chi connectivity index (χ2v) is 10.6. The molecule has 39 heavy (non-hydrogen) atoms. The number of nitrogens with zero attached hydrogens (tertiary/aromatic N) is 1. The monoisotopic (exact) mass is 672 g/mol. The van der Waals surface area contributed by atoms with Crippen molar-refractivity contribution in [3.63, 3.8) is 0 Å². The van der Waals surface area contributed by atoms with Gasteiger partial charge in [-0.05, 0) is 31.0 Å². The van der Waals surface area contributed by atoms with Gasteiger partial charge < -0.3 is 38.8 Å². The highest BCUT2D eigenvalue weighted by atomic mass is 127. The maximum atomic E-state index is 12.2. The summed E-state index contributed by atoms with van der Waals surface area (Å²) in [5.41, 5.74) is 1.20. The zero-order chi connectivity index (χ0) is 27.3. The fourth-order valence-electron chi connectivity index (χ4n) is 4.48. The van der Waals surface area contributed by atoms with Gasteiger partial charge >= 0.3 is 0 Å². The van der Waals surface area contributed by atoms with Gasteiger partial charge in [-0.2, -0.15) is 0 Å². The van der Waals surface area contributed by atoms with E-state index in [0.29, 0.717) is 23.9 Å². The molecule has 1 amide bonds. The number of pyridine rings is 1. The van der Waals surface area contributed by atoms with Gasteiger partial charge in [0.1, 0.15) is 18.0 Å². The highest BCUT2D eigenvalue weighted by molar-refractivity contribution is 6.32. The molecule has 1 aromatic carbocycles. The summed E-state index contributed by atoms with van der Waals surface area (Å²) >= 11 is 6.36. The van der Waals surface area contributed by atoms with Gasteiger partial charge in [0.2, 0.25) is 0 Å². The maximum absolute atomic E-state index is 12.2. The number of unbranched alkanes of at least 4 members (excludes halogenated alkanes) is 11. The van der Waals surface area contributed by atoms with E-state index in [1.165, 1.54) is 76.2 Å². The van der Waals surface area contributed by atoms with Crippen molar-refractivity contribution in [3.8, 4) is 11.5 Å². The molecule has 0 fully saturated rings. The van der Waals surface area contributed by atoms with Crippen LogP contribution in [-0.4, -0.2) is 25.7 Å². The summed E-state index contributed by atoms with van der Waals surface area (Å²) in [6.45, 7) is 6.62. The third-order valence-corrected chi connectivity index (χ3v) is 6.96. The summed E-state index contributed by atoms with van der Waals surface area (Å²) in [7, 11) is 0. The summed E-state index contributed by atoms with van der Waals surface area (Å²) in [6.07, 6.45) is 22.0. The van der Waals surface area contributed by atoms with E-state index in [2.05, 4.69) is 42.2 Å². The summed E-state index contributed by atoms with van der Waals surface area (Å²) in [4.78, 5) is 12.2. The van der Waals surface area contributed by atoms with E-state index in [9.17, 15) is 4.79 Å². The standard InChI is InChI=1S/C32H49ClN2O3.HI/c1-3-5-6-7-8-9-10-11-12-13-14-15-24-37-29-18-19-31(30(33)25-29)38-27-32(36)34-21-20-28-17-16-23-35(26-28)22-4-2;/h16-19,23,25-26H,3-15,20-22,24,27H2,1-2H3;1H. The quantitative estimate of drug-likeness (QED) is 0.111. The normalized spacial score (nSPS) is 10.6. The lowest BCUT2D eigenvalue weighted by Gasteiger charge is -2.11. The van der Waals surface area contributed by atoms with Crippen molar-refractivity contribution >= 4 is 17.5 Å². The van der Waals surface area contributed by atoms with E-state index < -0.39 is 0 Å². The fourth-order valence-corrected chi connectivity index (χ4v) is 4.71. The Labute approximate surface area is 259 Å². The van der Waals surface area contributed by atoms with Crippen molar-refractivity contribution in [2.45, 2.75) is 110 Å². The van der Waals surface area contributed by atoms with Gasteiger partial charge in [-0.3, -0.25) is 4.79 Å². The molecule has 0 saturated heterocycles. The Bertz CT molecular complexity index is 913. The Morgan fingerprint density at radius 1 is 0.872 bits per heavy atom. The molecule has 2 aromatic rings. The van der Waals surface area contributed by atoms with Crippen LogP contribution >= 0.6 is 11.6 Å². The lowest BCUT2D eigenvalue weighted by molar-refractivity contribution is -0.697. The number of amides is 1. The molecule has 2 rings (SSSR count). The first-order valence-electron chi connectivity index (χ1n) is 14.9. The Kier molecular flexibility index (Phi) is 21.1. The first kappa shape index (κ1) is 35.5. The lowest BCUT2D eigenvalue weighted by Crippen LogP contribution is -3.00. The Morgan fingerprint density at radius 3 is 2.18 bits per heavy atom. The molecule has 0 spiro atoms. The number of aryl methyl sites for hydroxylation is 1. The number of rotatable bonds is 22. The Morgan fingerprint density at radius 2 is 1.54 bits per heavy atom. The number of aromatic nitrogens is 1. The second-order valence-electron chi connectivity index (χ2n) is 10.2. The van der Waals surface area contributed by atoms with E-state index in [4.69, 9.17) is 21.1 Å². The minimum absolute atomic E-state index is 0. The molecule has 0 unspecified atom stereocenters. The number of ether oxygens (including phenoxy) is 2. The zero-order valence-corrected chi connectivity index (χ0v) is 27.1. The van der Waals surface area contributed by atoms with Crippen molar-refractivity contribution in [2.75, 3.05) is 19.8 Å². The summed E-state index contributed by atoms with van der Waals surface area (Å²) < 4.78 is 13.7. The van der Waals surface area contributed by atoms with E-state index in [0.717, 1.165) is 31.6 Å². The van der Waals surface area contributed by atoms with Crippen molar-refractivity contribution in [3.05, 3.63) is 53.3 Å². The van der Waals surface area contributed by atoms with E-state index in [1.54, 1.807) is 12.1 Å². The van der Waals surface area contributed by atoms with Crippen molar-refractivity contribution in [1.82, 2.24) is 5.32 Å². The summed E-state index contributed by atoms with van der Waals surface area (Å²) in [5.74, 6) is 1.06. The molecule has 0 aliphatic rings. The molecule has 7 heteroatoms. The van der Waals surface area contributed by atoms with Crippen molar-refractivity contribution in [1.29, 1.82) is 0 Å². The number of carbonyl (C=O) groups is 1. The molecule has 0 aliphatic heterocycles. The minimum atomic E-state index is -0.161. The molecule has 1 aromatic heterocycles. The Balaban J connectivity index is 0.00000760. The van der Waals surface area contributed by atoms with Crippen LogP contribution in [0.5, 0.6) is 11.5 Å². The first-order valence-corrected chi connectivity index (χ1v) is 15.3. The van der Waals surface area contributed by atoms with Crippen LogP contribution in [0.25, 0.3) is 0 Å². The average Bonchev–Trinajstić information content (AvgIpc) is 2.91. The molecule has 5 nitrogen and oxygen atoms in total. The van der Waals surface area contributed by atoms with Crippen LogP contribution in [-0.2, 0) is 17.8 Å². The van der Waals surface area contributed by atoms with Gasteiger partial charge in [-0.25, -0.2) is 4.57 Å². The van der Waals surface area contributed by atoms with E-state index in [-0.39, 0.29) is 36.5 Å². The van der Waals surface area contributed by atoms with Gasteiger partial charge in [0, 0.05) is 30.7 Å². The van der Waals surface area contributed by atoms with Crippen LogP contribution in [0, 0.1) is 0 Å². The summed E-state index contributed by atoms with van der Waals surface area (Å²) in [5, 5.41) is 3.36. The number of hydrogen-bond donors (Lipinski definition) is 1. The molecule has 0 radical (unpaired) electrons. The van der Waals surface area contributed by atoms with Crippen LogP contribution in [0.3, 0.4) is 0 Å².